The van der Waals surface area contributed by atoms with Gasteiger partial charge in [0.2, 0.25) is 11.8 Å². The highest BCUT2D eigenvalue weighted by atomic mass is 28.3. The Balaban J connectivity index is 2.23. The summed E-state index contributed by atoms with van der Waals surface area (Å²) in [6.07, 6.45) is 1.02. The number of oxazole rings is 2. The van der Waals surface area contributed by atoms with Crippen LogP contribution in [0.15, 0.2) is 21.4 Å². The Labute approximate surface area is 211 Å². The third-order valence-corrected chi connectivity index (χ3v) is 6.47. The molecule has 200 valence electrons. The van der Waals surface area contributed by atoms with Gasteiger partial charge in [0.1, 0.15) is 30.2 Å². The van der Waals surface area contributed by atoms with Crippen LogP contribution in [0.3, 0.4) is 0 Å². The zero-order valence-corrected chi connectivity index (χ0v) is 23.0. The number of carbonyl (C=O) groups is 3. The summed E-state index contributed by atoms with van der Waals surface area (Å²) in [4.78, 5) is 45.3. The van der Waals surface area contributed by atoms with Gasteiger partial charge in [-0.1, -0.05) is 26.6 Å². The number of hydrogen-bond donors (Lipinski definition) is 3. The average Bonchev–Trinajstić information content (AvgIpc) is 3.42. The van der Waals surface area contributed by atoms with Crippen molar-refractivity contribution in [1.29, 1.82) is 0 Å². The van der Waals surface area contributed by atoms with Crippen molar-refractivity contribution in [3.63, 3.8) is 0 Å². The van der Waals surface area contributed by atoms with E-state index in [1.165, 1.54) is 7.11 Å². The van der Waals surface area contributed by atoms with E-state index in [1.54, 1.807) is 20.8 Å². The van der Waals surface area contributed by atoms with Gasteiger partial charge in [-0.3, -0.25) is 4.79 Å². The van der Waals surface area contributed by atoms with Crippen LogP contribution in [0.5, 0.6) is 0 Å². The maximum Gasteiger partial charge on any atom is 0.408 e. The van der Waals surface area contributed by atoms with Crippen LogP contribution in [0.4, 0.5) is 4.79 Å². The molecule has 0 saturated heterocycles. The molecule has 13 heteroatoms. The van der Waals surface area contributed by atoms with Gasteiger partial charge in [0, 0.05) is 8.07 Å². The van der Waals surface area contributed by atoms with Crippen molar-refractivity contribution >= 4 is 26.0 Å². The standard InChI is InChI=1S/C23H36N4O8Si/c1-9-13(26-22(31)35-23(2,3)4)19-24-14(10-33-19)18(29)27-17(16(28)12-36(6,7)8)20-25-15(11-34-20)21(30)32-5/h10-11,13,16-17,28H,9,12H2,1-8H3,(H,26,31)(H,27,29). The van der Waals surface area contributed by atoms with Gasteiger partial charge in [0.05, 0.1) is 13.2 Å². The highest BCUT2D eigenvalue weighted by Gasteiger charge is 2.33. The third-order valence-electron chi connectivity index (χ3n) is 4.83. The van der Waals surface area contributed by atoms with Crippen LogP contribution in [0.2, 0.25) is 25.7 Å². The zero-order valence-electron chi connectivity index (χ0n) is 22.0. The number of nitrogens with zero attached hydrogens (tertiary/aromatic N) is 2. The fourth-order valence-corrected chi connectivity index (χ4v) is 4.74. The zero-order chi connectivity index (χ0) is 27.3. The second-order valence-corrected chi connectivity index (χ2v) is 16.1. The minimum absolute atomic E-state index is 0.0451. The Bertz CT molecular complexity index is 1050. The number of aliphatic hydroxyl groups is 1. The van der Waals surface area contributed by atoms with E-state index in [1.807, 2.05) is 6.92 Å². The molecule has 0 bridgehead atoms. The van der Waals surface area contributed by atoms with E-state index < -0.39 is 49.8 Å². The lowest BCUT2D eigenvalue weighted by molar-refractivity contribution is 0.0493. The van der Waals surface area contributed by atoms with Crippen molar-refractivity contribution in [2.24, 2.45) is 0 Å². The Kier molecular flexibility index (Phi) is 9.43. The Morgan fingerprint density at radius 2 is 1.64 bits per heavy atom. The number of alkyl carbamates (subject to hydrolysis) is 1. The monoisotopic (exact) mass is 524 g/mol. The summed E-state index contributed by atoms with van der Waals surface area (Å²) in [6, 6.07) is -1.25. The predicted octanol–water partition coefficient (Wildman–Crippen LogP) is 3.60. The fourth-order valence-electron chi connectivity index (χ4n) is 3.25. The van der Waals surface area contributed by atoms with Gasteiger partial charge >= 0.3 is 12.1 Å². The van der Waals surface area contributed by atoms with Crippen molar-refractivity contribution < 1.29 is 37.8 Å². The number of ether oxygens (including phenoxy) is 2. The second kappa shape index (κ2) is 11.7. The lowest BCUT2D eigenvalue weighted by atomic mass is 10.1. The molecule has 0 aromatic carbocycles. The number of aliphatic hydroxyl groups excluding tert-OH is 1. The minimum atomic E-state index is -1.77. The van der Waals surface area contributed by atoms with Gasteiger partial charge in [-0.25, -0.2) is 19.6 Å². The van der Waals surface area contributed by atoms with Crippen molar-refractivity contribution in [2.45, 2.75) is 83.6 Å². The summed E-state index contributed by atoms with van der Waals surface area (Å²) in [5, 5.41) is 16.3. The Morgan fingerprint density at radius 3 is 2.19 bits per heavy atom. The molecule has 2 aromatic heterocycles. The Morgan fingerprint density at radius 1 is 1.06 bits per heavy atom. The van der Waals surface area contributed by atoms with E-state index in [4.69, 9.17) is 13.6 Å². The van der Waals surface area contributed by atoms with Crippen LogP contribution in [0, 0.1) is 0 Å². The van der Waals surface area contributed by atoms with Crippen molar-refractivity contribution in [3.05, 3.63) is 35.7 Å². The summed E-state index contributed by atoms with van der Waals surface area (Å²) >= 11 is 0. The highest BCUT2D eigenvalue weighted by molar-refractivity contribution is 6.76. The fraction of sp³-hybridized carbons (Fsp3) is 0.609. The van der Waals surface area contributed by atoms with Gasteiger partial charge in [0.25, 0.3) is 5.91 Å². The summed E-state index contributed by atoms with van der Waals surface area (Å²) in [5.74, 6) is -1.29. The van der Waals surface area contributed by atoms with Crippen LogP contribution in [0.1, 0.15) is 79.0 Å². The van der Waals surface area contributed by atoms with E-state index in [-0.39, 0.29) is 23.2 Å². The van der Waals surface area contributed by atoms with Crippen LogP contribution < -0.4 is 10.6 Å². The first-order chi connectivity index (χ1) is 16.6. The largest absolute Gasteiger partial charge is 0.464 e. The number of aromatic nitrogens is 2. The molecule has 0 aliphatic heterocycles. The minimum Gasteiger partial charge on any atom is -0.464 e. The van der Waals surface area contributed by atoms with Crippen LogP contribution in [-0.4, -0.2) is 59.9 Å². The summed E-state index contributed by atoms with van der Waals surface area (Å²) < 4.78 is 20.8. The molecule has 2 heterocycles. The number of rotatable bonds is 10. The molecule has 2 rings (SSSR count). The van der Waals surface area contributed by atoms with Gasteiger partial charge in [-0.15, -0.1) is 0 Å². The molecule has 2 aromatic rings. The molecule has 3 unspecified atom stereocenters. The molecule has 0 fully saturated rings. The van der Waals surface area contributed by atoms with Gasteiger partial charge in [-0.2, -0.15) is 0 Å². The van der Waals surface area contributed by atoms with E-state index >= 15 is 0 Å². The normalized spacial score (nSPS) is 14.5. The van der Waals surface area contributed by atoms with E-state index in [0.717, 1.165) is 12.5 Å². The van der Waals surface area contributed by atoms with Crippen molar-refractivity contribution in [3.8, 4) is 0 Å². The second-order valence-electron chi connectivity index (χ2n) is 10.5. The molecule has 2 amide bonds. The first kappa shape index (κ1) is 29.0. The summed E-state index contributed by atoms with van der Waals surface area (Å²) in [6.45, 7) is 13.3. The number of amides is 2. The molecular weight excluding hydrogens is 488 g/mol. The molecule has 0 aliphatic carbocycles. The Hall–Kier alpha value is -3.19. The number of carbonyl (C=O) groups excluding carboxylic acids is 3. The smallest absolute Gasteiger partial charge is 0.408 e. The molecule has 0 radical (unpaired) electrons. The molecule has 36 heavy (non-hydrogen) atoms. The van der Waals surface area contributed by atoms with Crippen LogP contribution in [0.25, 0.3) is 0 Å². The molecule has 0 spiro atoms. The lowest BCUT2D eigenvalue weighted by Crippen LogP contribution is -2.40. The highest BCUT2D eigenvalue weighted by Crippen LogP contribution is 2.25. The number of esters is 1. The molecule has 0 aliphatic rings. The first-order valence-electron chi connectivity index (χ1n) is 11.6. The van der Waals surface area contributed by atoms with Crippen molar-refractivity contribution in [1.82, 2.24) is 20.6 Å². The van der Waals surface area contributed by atoms with E-state index in [9.17, 15) is 19.5 Å². The quantitative estimate of drug-likeness (QED) is 0.309. The topological polar surface area (TPSA) is 166 Å². The molecular formula is C23H36N4O8Si. The van der Waals surface area contributed by atoms with Crippen LogP contribution >= 0.6 is 0 Å². The molecule has 0 saturated carbocycles. The van der Waals surface area contributed by atoms with E-state index in [0.29, 0.717) is 12.5 Å². The summed E-state index contributed by atoms with van der Waals surface area (Å²) in [7, 11) is -0.558. The van der Waals surface area contributed by atoms with Gasteiger partial charge in [-0.05, 0) is 33.2 Å². The van der Waals surface area contributed by atoms with Gasteiger partial charge in [0.15, 0.2) is 11.4 Å². The maximum atomic E-state index is 13.0. The lowest BCUT2D eigenvalue weighted by Gasteiger charge is -2.26. The molecule has 12 nitrogen and oxygen atoms in total. The average molecular weight is 525 g/mol. The van der Waals surface area contributed by atoms with Gasteiger partial charge < -0.3 is 34.0 Å². The molecule has 3 atom stereocenters. The number of nitrogens with one attached hydrogen (secondary N) is 2. The molecule has 3 N–H and O–H groups in total. The predicted molar refractivity (Wildman–Crippen MR) is 131 cm³/mol. The first-order valence-corrected chi connectivity index (χ1v) is 15.3. The van der Waals surface area contributed by atoms with Crippen LogP contribution in [-0.2, 0) is 9.47 Å². The van der Waals surface area contributed by atoms with E-state index in [2.05, 4.69) is 45.0 Å². The SMILES string of the molecule is CCC(NC(=O)OC(C)(C)C)c1nc(C(=O)NC(c2nc(C(=O)OC)co2)C(O)C[Si](C)(C)C)co1. The van der Waals surface area contributed by atoms with Crippen molar-refractivity contribution in [2.75, 3.05) is 7.11 Å². The maximum absolute atomic E-state index is 13.0. The number of hydrogen-bond acceptors (Lipinski definition) is 10. The summed E-state index contributed by atoms with van der Waals surface area (Å²) in [5.41, 5.74) is -0.835. The number of methoxy groups -OCH3 is 1. The third kappa shape index (κ3) is 8.48.